The maximum absolute atomic E-state index is 13.5. The minimum Gasteiger partial charge on any atom is -0.483 e. The summed E-state index contributed by atoms with van der Waals surface area (Å²) in [6.07, 6.45) is 0. The summed E-state index contributed by atoms with van der Waals surface area (Å²) in [5, 5.41) is 12.8. The fraction of sp³-hybridized carbons (Fsp3) is 0.357. The zero-order chi connectivity index (χ0) is 15.6. The average Bonchev–Trinajstić information content (AvgIpc) is 2.84. The van der Waals surface area contributed by atoms with Crippen LogP contribution in [0, 0.1) is 5.82 Å². The highest BCUT2D eigenvalue weighted by atomic mass is 19.1. The van der Waals surface area contributed by atoms with E-state index in [1.807, 2.05) is 20.8 Å². The summed E-state index contributed by atoms with van der Waals surface area (Å²) in [6, 6.07) is 3.79. The van der Waals surface area contributed by atoms with E-state index in [2.05, 4.69) is 10.1 Å². The fourth-order valence-corrected chi connectivity index (χ4v) is 1.59. The minimum atomic E-state index is -1.40. The topological polar surface area (TPSA) is 85.5 Å². The average molecular weight is 294 g/mol. The number of aromatic nitrogens is 2. The third-order valence-electron chi connectivity index (χ3n) is 2.68. The lowest BCUT2D eigenvalue weighted by molar-refractivity contribution is 0.0685. The van der Waals surface area contributed by atoms with Crippen molar-refractivity contribution in [1.29, 1.82) is 0 Å². The van der Waals surface area contributed by atoms with Crippen molar-refractivity contribution in [3.8, 4) is 5.75 Å². The Labute approximate surface area is 120 Å². The zero-order valence-corrected chi connectivity index (χ0v) is 11.9. The predicted molar refractivity (Wildman–Crippen MR) is 70.7 cm³/mol. The molecule has 21 heavy (non-hydrogen) atoms. The normalized spacial score (nSPS) is 11.4. The first-order chi connectivity index (χ1) is 9.79. The van der Waals surface area contributed by atoms with Crippen LogP contribution in [0.5, 0.6) is 5.75 Å². The smallest absolute Gasteiger partial charge is 0.342 e. The van der Waals surface area contributed by atoms with Crippen molar-refractivity contribution in [3.63, 3.8) is 0 Å². The van der Waals surface area contributed by atoms with Gasteiger partial charge < -0.3 is 14.4 Å². The number of rotatable bonds is 4. The van der Waals surface area contributed by atoms with Crippen LogP contribution in [0.3, 0.4) is 0 Å². The van der Waals surface area contributed by atoms with Crippen molar-refractivity contribution in [2.75, 3.05) is 0 Å². The molecular formula is C14H15FN2O4. The maximum Gasteiger partial charge on any atom is 0.342 e. The van der Waals surface area contributed by atoms with E-state index in [0.717, 1.165) is 6.07 Å². The molecule has 112 valence electrons. The molecule has 0 aliphatic heterocycles. The molecule has 0 atom stereocenters. The van der Waals surface area contributed by atoms with Gasteiger partial charge in [0, 0.05) is 5.41 Å². The summed E-state index contributed by atoms with van der Waals surface area (Å²) in [5.74, 6) is -1.64. The first-order valence-corrected chi connectivity index (χ1v) is 6.26. The quantitative estimate of drug-likeness (QED) is 0.933. The van der Waals surface area contributed by atoms with Crippen LogP contribution < -0.4 is 4.74 Å². The second-order valence-electron chi connectivity index (χ2n) is 5.47. The third kappa shape index (κ3) is 3.36. The highest BCUT2D eigenvalue weighted by Gasteiger charge is 2.22. The molecule has 0 amide bonds. The Kier molecular flexibility index (Phi) is 3.93. The summed E-state index contributed by atoms with van der Waals surface area (Å²) < 4.78 is 23.8. The molecule has 0 bridgehead atoms. The van der Waals surface area contributed by atoms with E-state index in [0.29, 0.717) is 5.82 Å². The summed E-state index contributed by atoms with van der Waals surface area (Å²) in [4.78, 5) is 15.2. The largest absolute Gasteiger partial charge is 0.483 e. The van der Waals surface area contributed by atoms with Gasteiger partial charge in [-0.25, -0.2) is 9.18 Å². The first-order valence-electron chi connectivity index (χ1n) is 6.26. The maximum atomic E-state index is 13.5. The number of hydrogen-bond donors (Lipinski definition) is 1. The van der Waals surface area contributed by atoms with Crippen molar-refractivity contribution in [1.82, 2.24) is 10.1 Å². The van der Waals surface area contributed by atoms with E-state index in [9.17, 15) is 9.18 Å². The molecule has 1 aromatic heterocycles. The number of aromatic carboxylic acids is 1. The fourth-order valence-electron chi connectivity index (χ4n) is 1.59. The van der Waals surface area contributed by atoms with Gasteiger partial charge in [-0.2, -0.15) is 4.98 Å². The van der Waals surface area contributed by atoms with E-state index in [-0.39, 0.29) is 23.7 Å². The molecule has 1 heterocycles. The number of halogens is 1. The van der Waals surface area contributed by atoms with Crippen LogP contribution in [0.1, 0.15) is 42.8 Å². The molecule has 0 aliphatic carbocycles. The SMILES string of the molecule is CC(C)(C)c1noc(COc2cccc(F)c2C(=O)O)n1. The lowest BCUT2D eigenvalue weighted by Crippen LogP contribution is -2.13. The molecule has 0 aliphatic rings. The molecule has 2 aromatic rings. The van der Waals surface area contributed by atoms with Gasteiger partial charge in [0.05, 0.1) is 0 Å². The van der Waals surface area contributed by atoms with Gasteiger partial charge >= 0.3 is 5.97 Å². The third-order valence-corrected chi connectivity index (χ3v) is 2.68. The molecule has 2 rings (SSSR count). The van der Waals surface area contributed by atoms with Gasteiger partial charge in [-0.1, -0.05) is 32.0 Å². The van der Waals surface area contributed by atoms with E-state index >= 15 is 0 Å². The lowest BCUT2D eigenvalue weighted by atomic mass is 9.96. The Morgan fingerprint density at radius 3 is 2.71 bits per heavy atom. The number of carboxylic acids is 1. The molecule has 0 unspecified atom stereocenters. The summed E-state index contributed by atoms with van der Waals surface area (Å²) in [7, 11) is 0. The monoisotopic (exact) mass is 294 g/mol. The highest BCUT2D eigenvalue weighted by molar-refractivity contribution is 5.91. The van der Waals surface area contributed by atoms with Crippen LogP contribution in [-0.2, 0) is 12.0 Å². The molecule has 1 N–H and O–H groups in total. The molecule has 0 spiro atoms. The molecule has 0 saturated carbocycles. The van der Waals surface area contributed by atoms with E-state index in [1.165, 1.54) is 12.1 Å². The van der Waals surface area contributed by atoms with Crippen LogP contribution in [0.4, 0.5) is 4.39 Å². The summed E-state index contributed by atoms with van der Waals surface area (Å²) in [5.41, 5.74) is -0.791. The van der Waals surface area contributed by atoms with Crippen LogP contribution >= 0.6 is 0 Å². The number of carbonyl (C=O) groups is 1. The van der Waals surface area contributed by atoms with E-state index in [4.69, 9.17) is 14.4 Å². The van der Waals surface area contributed by atoms with Gasteiger partial charge in [0.2, 0.25) is 0 Å². The van der Waals surface area contributed by atoms with Gasteiger partial charge in [0.25, 0.3) is 5.89 Å². The standard InChI is InChI=1S/C14H15FN2O4/c1-14(2,3)13-16-10(21-17-13)7-20-9-6-4-5-8(15)11(9)12(18)19/h4-6H,7H2,1-3H3,(H,18,19). The van der Waals surface area contributed by atoms with Gasteiger partial charge in [-0.05, 0) is 12.1 Å². The van der Waals surface area contributed by atoms with Crippen molar-refractivity contribution >= 4 is 5.97 Å². The summed E-state index contributed by atoms with van der Waals surface area (Å²) >= 11 is 0. The Morgan fingerprint density at radius 1 is 1.43 bits per heavy atom. The van der Waals surface area contributed by atoms with Crippen molar-refractivity contribution in [2.45, 2.75) is 32.8 Å². The highest BCUT2D eigenvalue weighted by Crippen LogP contribution is 2.23. The van der Waals surface area contributed by atoms with Gasteiger partial charge in [0.15, 0.2) is 12.4 Å². The van der Waals surface area contributed by atoms with E-state index < -0.39 is 17.3 Å². The molecule has 0 saturated heterocycles. The number of ether oxygens (including phenoxy) is 1. The van der Waals surface area contributed by atoms with Crippen LogP contribution in [0.15, 0.2) is 22.7 Å². The van der Waals surface area contributed by atoms with Gasteiger partial charge in [-0.15, -0.1) is 0 Å². The molecule has 1 aromatic carbocycles. The van der Waals surface area contributed by atoms with Gasteiger partial charge in [0.1, 0.15) is 17.1 Å². The molecular weight excluding hydrogens is 279 g/mol. The number of nitrogens with zero attached hydrogens (tertiary/aromatic N) is 2. The Morgan fingerprint density at radius 2 is 2.14 bits per heavy atom. The van der Waals surface area contributed by atoms with Gasteiger partial charge in [-0.3, -0.25) is 0 Å². The van der Waals surface area contributed by atoms with Crippen LogP contribution in [0.2, 0.25) is 0 Å². The molecule has 0 radical (unpaired) electrons. The van der Waals surface area contributed by atoms with Crippen molar-refractivity contribution in [3.05, 3.63) is 41.3 Å². The number of carboxylic acid groups (broad SMARTS) is 1. The van der Waals surface area contributed by atoms with E-state index in [1.54, 1.807) is 0 Å². The molecule has 7 heteroatoms. The van der Waals surface area contributed by atoms with Crippen molar-refractivity contribution < 1.29 is 23.6 Å². The minimum absolute atomic E-state index is 0.0852. The second-order valence-corrected chi connectivity index (χ2v) is 5.47. The van der Waals surface area contributed by atoms with Crippen LogP contribution in [0.25, 0.3) is 0 Å². The Balaban J connectivity index is 2.16. The van der Waals surface area contributed by atoms with Crippen molar-refractivity contribution in [2.24, 2.45) is 0 Å². The molecule has 0 fully saturated rings. The number of hydrogen-bond acceptors (Lipinski definition) is 5. The number of benzene rings is 1. The Hall–Kier alpha value is -2.44. The zero-order valence-electron chi connectivity index (χ0n) is 11.9. The first kappa shape index (κ1) is 15.0. The molecule has 6 nitrogen and oxygen atoms in total. The second kappa shape index (κ2) is 5.51. The predicted octanol–water partition coefficient (Wildman–Crippen LogP) is 2.78. The Bertz CT molecular complexity index is 661. The van der Waals surface area contributed by atoms with Crippen LogP contribution in [-0.4, -0.2) is 21.2 Å². The summed E-state index contributed by atoms with van der Waals surface area (Å²) in [6.45, 7) is 5.65. The lowest BCUT2D eigenvalue weighted by Gasteiger charge is -2.11.